The van der Waals surface area contributed by atoms with E-state index in [1.165, 1.54) is 44.2 Å². The lowest BCUT2D eigenvalue weighted by Crippen LogP contribution is -2.26. The Hall–Kier alpha value is -0.830. The number of hydrogen-bond acceptors (Lipinski definition) is 2. The first-order valence-electron chi connectivity index (χ1n) is 6.49. The standard InChI is InChI=1S/C13H23N3/c1-3-4-11(8-14-13-5-6-13)7-12-9-15-16(2)10-12/h9-11,13-14H,3-8H2,1-2H3. The highest BCUT2D eigenvalue weighted by Gasteiger charge is 2.21. The molecule has 90 valence electrons. The van der Waals surface area contributed by atoms with Gasteiger partial charge in [0.05, 0.1) is 6.20 Å². The molecule has 1 unspecified atom stereocenters. The van der Waals surface area contributed by atoms with Gasteiger partial charge in [-0.15, -0.1) is 0 Å². The Labute approximate surface area is 98.2 Å². The lowest BCUT2D eigenvalue weighted by molar-refractivity contribution is 0.437. The maximum atomic E-state index is 4.23. The lowest BCUT2D eigenvalue weighted by atomic mass is 9.96. The van der Waals surface area contributed by atoms with Gasteiger partial charge in [0.25, 0.3) is 0 Å². The van der Waals surface area contributed by atoms with Crippen molar-refractivity contribution in [1.82, 2.24) is 15.1 Å². The molecule has 0 spiro atoms. The van der Waals surface area contributed by atoms with Gasteiger partial charge in [-0.25, -0.2) is 0 Å². The summed E-state index contributed by atoms with van der Waals surface area (Å²) >= 11 is 0. The van der Waals surface area contributed by atoms with E-state index in [1.807, 2.05) is 17.9 Å². The van der Waals surface area contributed by atoms with Crippen molar-refractivity contribution in [2.45, 2.75) is 45.1 Å². The molecule has 0 aliphatic heterocycles. The minimum Gasteiger partial charge on any atom is -0.314 e. The average Bonchev–Trinajstić information content (AvgIpc) is 3.00. The molecule has 1 heterocycles. The van der Waals surface area contributed by atoms with Crippen LogP contribution in [0.1, 0.15) is 38.2 Å². The Kier molecular flexibility index (Phi) is 3.99. The Balaban J connectivity index is 1.80. The predicted molar refractivity (Wildman–Crippen MR) is 66.3 cm³/mol. The topological polar surface area (TPSA) is 29.9 Å². The third-order valence-corrected chi connectivity index (χ3v) is 3.25. The summed E-state index contributed by atoms with van der Waals surface area (Å²) in [4.78, 5) is 0. The summed E-state index contributed by atoms with van der Waals surface area (Å²) in [6, 6.07) is 0.827. The summed E-state index contributed by atoms with van der Waals surface area (Å²) in [5, 5.41) is 7.87. The predicted octanol–water partition coefficient (Wildman–Crippen LogP) is 2.13. The van der Waals surface area contributed by atoms with Crippen LogP contribution in [0.4, 0.5) is 0 Å². The van der Waals surface area contributed by atoms with Crippen LogP contribution in [0.15, 0.2) is 12.4 Å². The van der Waals surface area contributed by atoms with E-state index in [4.69, 9.17) is 0 Å². The zero-order valence-corrected chi connectivity index (χ0v) is 10.4. The first kappa shape index (κ1) is 11.6. The molecule has 1 N–H and O–H groups in total. The van der Waals surface area contributed by atoms with Crippen LogP contribution in [0.25, 0.3) is 0 Å². The fraction of sp³-hybridized carbons (Fsp3) is 0.769. The molecule has 2 rings (SSSR count). The Morgan fingerprint density at radius 1 is 1.56 bits per heavy atom. The van der Waals surface area contributed by atoms with Gasteiger partial charge in [0, 0.05) is 19.3 Å². The van der Waals surface area contributed by atoms with Gasteiger partial charge in [-0.2, -0.15) is 5.10 Å². The maximum Gasteiger partial charge on any atom is 0.0521 e. The zero-order chi connectivity index (χ0) is 11.4. The van der Waals surface area contributed by atoms with Gasteiger partial charge in [0.15, 0.2) is 0 Å². The number of rotatable bonds is 7. The van der Waals surface area contributed by atoms with Crippen LogP contribution in [0.2, 0.25) is 0 Å². The van der Waals surface area contributed by atoms with E-state index in [2.05, 4.69) is 23.5 Å². The van der Waals surface area contributed by atoms with Crippen LogP contribution in [-0.4, -0.2) is 22.4 Å². The molecule has 1 aliphatic carbocycles. The first-order valence-corrected chi connectivity index (χ1v) is 6.49. The lowest BCUT2D eigenvalue weighted by Gasteiger charge is -2.15. The minimum atomic E-state index is 0.773. The summed E-state index contributed by atoms with van der Waals surface area (Å²) in [6.45, 7) is 3.45. The van der Waals surface area contributed by atoms with E-state index >= 15 is 0 Å². The maximum absolute atomic E-state index is 4.23. The molecule has 1 aliphatic rings. The summed E-state index contributed by atoms with van der Waals surface area (Å²) in [5.41, 5.74) is 1.37. The second kappa shape index (κ2) is 5.48. The molecule has 16 heavy (non-hydrogen) atoms. The molecule has 0 bridgehead atoms. The van der Waals surface area contributed by atoms with E-state index < -0.39 is 0 Å². The van der Waals surface area contributed by atoms with Crippen LogP contribution in [0, 0.1) is 5.92 Å². The zero-order valence-electron chi connectivity index (χ0n) is 10.4. The summed E-state index contributed by atoms with van der Waals surface area (Å²) in [6.07, 6.45) is 10.7. The van der Waals surface area contributed by atoms with Gasteiger partial charge >= 0.3 is 0 Å². The number of nitrogens with zero attached hydrogens (tertiary/aromatic N) is 2. The molecule has 0 saturated heterocycles. The molecular formula is C13H23N3. The van der Waals surface area contributed by atoms with E-state index in [0.29, 0.717) is 0 Å². The number of aromatic nitrogens is 2. The van der Waals surface area contributed by atoms with E-state index in [1.54, 1.807) is 0 Å². The third kappa shape index (κ3) is 3.63. The van der Waals surface area contributed by atoms with Crippen molar-refractivity contribution in [3.8, 4) is 0 Å². The third-order valence-electron chi connectivity index (χ3n) is 3.25. The second-order valence-electron chi connectivity index (χ2n) is 5.06. The molecular weight excluding hydrogens is 198 g/mol. The average molecular weight is 221 g/mol. The minimum absolute atomic E-state index is 0.773. The molecule has 1 aromatic heterocycles. The monoisotopic (exact) mass is 221 g/mol. The van der Waals surface area contributed by atoms with Gasteiger partial charge < -0.3 is 5.32 Å². The van der Waals surface area contributed by atoms with Gasteiger partial charge in [-0.05, 0) is 43.7 Å². The van der Waals surface area contributed by atoms with E-state index in [9.17, 15) is 0 Å². The molecule has 1 atom stereocenters. The van der Waals surface area contributed by atoms with Crippen molar-refractivity contribution in [3.63, 3.8) is 0 Å². The normalized spacial score (nSPS) is 17.6. The quantitative estimate of drug-likeness (QED) is 0.764. The molecule has 0 aromatic carbocycles. The fourth-order valence-corrected chi connectivity index (χ4v) is 2.22. The van der Waals surface area contributed by atoms with Gasteiger partial charge in [-0.3, -0.25) is 4.68 Å². The van der Waals surface area contributed by atoms with Crippen LogP contribution >= 0.6 is 0 Å². The van der Waals surface area contributed by atoms with Crippen LogP contribution in [-0.2, 0) is 13.5 Å². The highest BCUT2D eigenvalue weighted by Crippen LogP contribution is 2.20. The highest BCUT2D eigenvalue weighted by atomic mass is 15.2. The number of nitrogens with one attached hydrogen (secondary N) is 1. The fourth-order valence-electron chi connectivity index (χ4n) is 2.22. The van der Waals surface area contributed by atoms with Crippen molar-refractivity contribution in [2.24, 2.45) is 13.0 Å². The smallest absolute Gasteiger partial charge is 0.0521 e. The van der Waals surface area contributed by atoms with Crippen LogP contribution in [0.5, 0.6) is 0 Å². The second-order valence-corrected chi connectivity index (χ2v) is 5.06. The Morgan fingerprint density at radius 2 is 2.38 bits per heavy atom. The SMILES string of the molecule is CCCC(CNC1CC1)Cc1cnn(C)c1. The largest absolute Gasteiger partial charge is 0.314 e. The van der Waals surface area contributed by atoms with Gasteiger partial charge in [-0.1, -0.05) is 13.3 Å². The summed E-state index contributed by atoms with van der Waals surface area (Å²) in [7, 11) is 1.99. The first-order chi connectivity index (χ1) is 7.78. The molecule has 0 radical (unpaired) electrons. The Bertz CT molecular complexity index is 315. The van der Waals surface area contributed by atoms with Crippen molar-refractivity contribution in [3.05, 3.63) is 18.0 Å². The highest BCUT2D eigenvalue weighted by molar-refractivity contribution is 5.05. The summed E-state index contributed by atoms with van der Waals surface area (Å²) in [5.74, 6) is 0.773. The van der Waals surface area contributed by atoms with Crippen LogP contribution < -0.4 is 5.32 Å². The van der Waals surface area contributed by atoms with E-state index in [-0.39, 0.29) is 0 Å². The van der Waals surface area contributed by atoms with Crippen LogP contribution in [0.3, 0.4) is 0 Å². The summed E-state index contributed by atoms with van der Waals surface area (Å²) < 4.78 is 1.90. The molecule has 0 amide bonds. The molecule has 3 heteroatoms. The Morgan fingerprint density at radius 3 is 2.94 bits per heavy atom. The molecule has 1 saturated carbocycles. The van der Waals surface area contributed by atoms with Crippen molar-refractivity contribution >= 4 is 0 Å². The number of aryl methyl sites for hydroxylation is 1. The van der Waals surface area contributed by atoms with E-state index in [0.717, 1.165) is 12.0 Å². The number of hydrogen-bond donors (Lipinski definition) is 1. The molecule has 1 fully saturated rings. The molecule has 3 nitrogen and oxygen atoms in total. The van der Waals surface area contributed by atoms with Crippen molar-refractivity contribution in [2.75, 3.05) is 6.54 Å². The van der Waals surface area contributed by atoms with Gasteiger partial charge in [0.2, 0.25) is 0 Å². The van der Waals surface area contributed by atoms with Gasteiger partial charge in [0.1, 0.15) is 0 Å². The molecule has 1 aromatic rings. The van der Waals surface area contributed by atoms with Crippen molar-refractivity contribution in [1.29, 1.82) is 0 Å². The van der Waals surface area contributed by atoms with Crippen molar-refractivity contribution < 1.29 is 0 Å².